The highest BCUT2D eigenvalue weighted by Gasteiger charge is 2.37. The summed E-state index contributed by atoms with van der Waals surface area (Å²) in [6, 6.07) is 3.91. The number of hydrogen-bond donors (Lipinski definition) is 0. The zero-order valence-electron chi connectivity index (χ0n) is 12.2. The van der Waals surface area contributed by atoms with E-state index in [1.807, 2.05) is 0 Å². The molecule has 4 unspecified atom stereocenters. The molecule has 3 aliphatic rings. The minimum atomic E-state index is 0.284. The fourth-order valence-electron chi connectivity index (χ4n) is 4.39. The average Bonchev–Trinajstić information content (AvgIpc) is 2.46. The molecule has 0 bridgehead atoms. The zero-order valence-corrected chi connectivity index (χ0v) is 12.2. The normalized spacial score (nSPS) is 41.5. The van der Waals surface area contributed by atoms with Crippen LogP contribution in [0.25, 0.3) is 0 Å². The molecule has 0 spiro atoms. The smallest absolute Gasteiger partial charge is 0.0672 e. The molecule has 3 fully saturated rings. The van der Waals surface area contributed by atoms with Crippen molar-refractivity contribution in [1.82, 2.24) is 9.80 Å². The third kappa shape index (κ3) is 2.80. The summed E-state index contributed by atoms with van der Waals surface area (Å²) in [5.74, 6) is 1.09. The molecular formula is C16H27N3. The maximum atomic E-state index is 9.42. The first kappa shape index (κ1) is 13.4. The van der Waals surface area contributed by atoms with Crippen LogP contribution in [0.2, 0.25) is 0 Å². The molecule has 0 aromatic rings. The van der Waals surface area contributed by atoms with Gasteiger partial charge in [-0.3, -0.25) is 9.80 Å². The number of hydrogen-bond acceptors (Lipinski definition) is 3. The molecule has 3 nitrogen and oxygen atoms in total. The van der Waals surface area contributed by atoms with Crippen LogP contribution in [0.1, 0.15) is 45.4 Å². The van der Waals surface area contributed by atoms with E-state index in [0.717, 1.165) is 18.4 Å². The van der Waals surface area contributed by atoms with Gasteiger partial charge in [-0.2, -0.15) is 5.26 Å². The largest absolute Gasteiger partial charge is 0.298 e. The molecule has 1 saturated carbocycles. The Labute approximate surface area is 117 Å². The van der Waals surface area contributed by atoms with E-state index < -0.39 is 0 Å². The number of piperidine rings is 1. The van der Waals surface area contributed by atoms with Gasteiger partial charge in [0.2, 0.25) is 0 Å². The molecule has 2 heterocycles. The van der Waals surface area contributed by atoms with Crippen molar-refractivity contribution in [3.8, 4) is 6.07 Å². The summed E-state index contributed by atoms with van der Waals surface area (Å²) >= 11 is 0. The van der Waals surface area contributed by atoms with Crippen LogP contribution < -0.4 is 0 Å². The molecular weight excluding hydrogens is 234 g/mol. The molecule has 2 aliphatic heterocycles. The lowest BCUT2D eigenvalue weighted by atomic mass is 9.78. The van der Waals surface area contributed by atoms with Gasteiger partial charge in [0.25, 0.3) is 0 Å². The van der Waals surface area contributed by atoms with Gasteiger partial charge in [0.05, 0.1) is 12.0 Å². The Morgan fingerprint density at radius 3 is 2.68 bits per heavy atom. The van der Waals surface area contributed by atoms with Crippen LogP contribution in [0, 0.1) is 23.2 Å². The van der Waals surface area contributed by atoms with Crippen LogP contribution in [0.5, 0.6) is 0 Å². The Kier molecular flexibility index (Phi) is 4.10. The van der Waals surface area contributed by atoms with Gasteiger partial charge in [-0.05, 0) is 44.6 Å². The quantitative estimate of drug-likeness (QED) is 0.726. The first-order valence-electron chi connectivity index (χ1n) is 8.15. The number of piperazine rings is 1. The molecule has 2 saturated heterocycles. The van der Waals surface area contributed by atoms with Crippen molar-refractivity contribution in [2.24, 2.45) is 11.8 Å². The Balaban J connectivity index is 1.66. The predicted octanol–water partition coefficient (Wildman–Crippen LogP) is 2.48. The number of nitrogens with zero attached hydrogens (tertiary/aromatic N) is 3. The fourth-order valence-corrected chi connectivity index (χ4v) is 4.39. The van der Waals surface area contributed by atoms with Crippen LogP contribution >= 0.6 is 0 Å². The van der Waals surface area contributed by atoms with Gasteiger partial charge < -0.3 is 0 Å². The molecule has 0 N–H and O–H groups in total. The Morgan fingerprint density at radius 1 is 1.00 bits per heavy atom. The summed E-state index contributed by atoms with van der Waals surface area (Å²) in [6.45, 7) is 7.30. The maximum absolute atomic E-state index is 9.42. The zero-order chi connectivity index (χ0) is 13.2. The standard InChI is InChI=1S/C16H27N3/c1-13-5-6-14(11-17)16(10-13)19-9-8-18-7-3-2-4-15(18)12-19/h13-16H,2-10,12H2,1H3. The highest BCUT2D eigenvalue weighted by Crippen LogP contribution is 2.34. The average molecular weight is 261 g/mol. The maximum Gasteiger partial charge on any atom is 0.0672 e. The van der Waals surface area contributed by atoms with Crippen molar-refractivity contribution in [3.05, 3.63) is 0 Å². The predicted molar refractivity (Wildman–Crippen MR) is 76.7 cm³/mol. The van der Waals surface area contributed by atoms with Crippen LogP contribution in [0.4, 0.5) is 0 Å². The van der Waals surface area contributed by atoms with E-state index in [1.54, 1.807) is 0 Å². The molecule has 1 aliphatic carbocycles. The monoisotopic (exact) mass is 261 g/mol. The number of rotatable bonds is 1. The van der Waals surface area contributed by atoms with Crippen LogP contribution in [0.3, 0.4) is 0 Å². The first-order chi connectivity index (χ1) is 9.28. The third-order valence-electron chi connectivity index (χ3n) is 5.58. The number of fused-ring (bicyclic) bond motifs is 1. The lowest BCUT2D eigenvalue weighted by Crippen LogP contribution is -2.59. The summed E-state index contributed by atoms with van der Waals surface area (Å²) in [5.41, 5.74) is 0. The van der Waals surface area contributed by atoms with Gasteiger partial charge >= 0.3 is 0 Å². The van der Waals surface area contributed by atoms with Gasteiger partial charge in [0.1, 0.15) is 0 Å². The van der Waals surface area contributed by atoms with Crippen LogP contribution in [-0.2, 0) is 0 Å². The van der Waals surface area contributed by atoms with Crippen LogP contribution in [0.15, 0.2) is 0 Å². The molecule has 3 heteroatoms. The highest BCUT2D eigenvalue weighted by atomic mass is 15.3. The second-order valence-corrected chi connectivity index (χ2v) is 6.90. The van der Waals surface area contributed by atoms with Crippen molar-refractivity contribution in [2.45, 2.75) is 57.5 Å². The summed E-state index contributed by atoms with van der Waals surface area (Å²) < 4.78 is 0. The van der Waals surface area contributed by atoms with Crippen molar-refractivity contribution < 1.29 is 0 Å². The Hall–Kier alpha value is -0.590. The summed E-state index contributed by atoms with van der Waals surface area (Å²) in [4.78, 5) is 5.35. The summed E-state index contributed by atoms with van der Waals surface area (Å²) in [5, 5.41) is 9.42. The van der Waals surface area contributed by atoms with E-state index in [0.29, 0.717) is 6.04 Å². The SMILES string of the molecule is CC1CCC(C#N)C(N2CCN3CCCCC3C2)C1. The lowest BCUT2D eigenvalue weighted by molar-refractivity contribution is 0.00317. The molecule has 4 atom stereocenters. The van der Waals surface area contributed by atoms with Crippen molar-refractivity contribution in [3.63, 3.8) is 0 Å². The first-order valence-corrected chi connectivity index (χ1v) is 8.15. The van der Waals surface area contributed by atoms with E-state index in [2.05, 4.69) is 22.8 Å². The molecule has 3 rings (SSSR count). The van der Waals surface area contributed by atoms with E-state index in [1.165, 1.54) is 58.3 Å². The van der Waals surface area contributed by atoms with Gasteiger partial charge in [-0.1, -0.05) is 13.3 Å². The van der Waals surface area contributed by atoms with E-state index >= 15 is 0 Å². The van der Waals surface area contributed by atoms with Crippen molar-refractivity contribution >= 4 is 0 Å². The molecule has 0 radical (unpaired) electrons. The highest BCUT2D eigenvalue weighted by molar-refractivity contribution is 4.99. The second-order valence-electron chi connectivity index (χ2n) is 6.90. The minimum absolute atomic E-state index is 0.284. The van der Waals surface area contributed by atoms with Crippen LogP contribution in [-0.4, -0.2) is 48.1 Å². The Bertz CT molecular complexity index is 348. The van der Waals surface area contributed by atoms with Crippen molar-refractivity contribution in [2.75, 3.05) is 26.2 Å². The van der Waals surface area contributed by atoms with Gasteiger partial charge in [-0.15, -0.1) is 0 Å². The molecule has 106 valence electrons. The topological polar surface area (TPSA) is 30.3 Å². The summed E-state index contributed by atoms with van der Waals surface area (Å²) in [6.07, 6.45) is 7.77. The van der Waals surface area contributed by atoms with Gasteiger partial charge in [0.15, 0.2) is 0 Å². The second kappa shape index (κ2) is 5.81. The molecule has 0 aromatic carbocycles. The number of nitriles is 1. The summed E-state index contributed by atoms with van der Waals surface area (Å²) in [7, 11) is 0. The Morgan fingerprint density at radius 2 is 1.84 bits per heavy atom. The molecule has 19 heavy (non-hydrogen) atoms. The molecule has 0 amide bonds. The van der Waals surface area contributed by atoms with Gasteiger partial charge in [-0.25, -0.2) is 0 Å². The van der Waals surface area contributed by atoms with Gasteiger partial charge in [0, 0.05) is 31.7 Å². The minimum Gasteiger partial charge on any atom is -0.298 e. The van der Waals surface area contributed by atoms with Crippen molar-refractivity contribution in [1.29, 1.82) is 5.26 Å². The lowest BCUT2D eigenvalue weighted by Gasteiger charge is -2.48. The fraction of sp³-hybridized carbons (Fsp3) is 0.938. The van der Waals surface area contributed by atoms with E-state index in [4.69, 9.17) is 0 Å². The third-order valence-corrected chi connectivity index (χ3v) is 5.58. The molecule has 0 aromatic heterocycles. The van der Waals surface area contributed by atoms with E-state index in [-0.39, 0.29) is 5.92 Å². The van der Waals surface area contributed by atoms with E-state index in [9.17, 15) is 5.26 Å².